The molecule has 6 heteroatoms. The van der Waals surface area contributed by atoms with E-state index in [2.05, 4.69) is 10.3 Å². The molecule has 0 bridgehead atoms. The summed E-state index contributed by atoms with van der Waals surface area (Å²) in [4.78, 5) is 16.2. The van der Waals surface area contributed by atoms with Crippen LogP contribution in [0, 0.1) is 0 Å². The van der Waals surface area contributed by atoms with Crippen molar-refractivity contribution in [1.29, 1.82) is 0 Å². The Balaban J connectivity index is 0.00000220. The largest absolute Gasteiger partial charge is 0.384 e. The van der Waals surface area contributed by atoms with Crippen LogP contribution in [0.4, 0.5) is 11.5 Å². The molecule has 2 rings (SSSR count). The van der Waals surface area contributed by atoms with Gasteiger partial charge in [0.25, 0.3) is 5.91 Å². The standard InChI is InChI=1S/C15H23N3O2.ClH/c1-2-13(20-12-6-4-3-5-7-12)15(19)18-11-8-9-14(16)17-10-11;/h8-10,12-13H,2-7H2,1H3,(H2,16,17)(H,18,19);1H. The minimum Gasteiger partial charge on any atom is -0.384 e. The normalized spacial score (nSPS) is 16.8. The molecule has 1 unspecified atom stereocenters. The van der Waals surface area contributed by atoms with Crippen LogP contribution in [-0.4, -0.2) is 23.1 Å². The van der Waals surface area contributed by atoms with Gasteiger partial charge in [-0.05, 0) is 31.4 Å². The Morgan fingerprint density at radius 1 is 1.43 bits per heavy atom. The van der Waals surface area contributed by atoms with Gasteiger partial charge in [0.05, 0.1) is 18.0 Å². The van der Waals surface area contributed by atoms with E-state index in [4.69, 9.17) is 10.5 Å². The SMILES string of the molecule is CCC(OC1CCCCC1)C(=O)Nc1ccc(N)nc1.Cl. The number of rotatable bonds is 5. The number of carbonyl (C=O) groups is 1. The van der Waals surface area contributed by atoms with Crippen molar-refractivity contribution < 1.29 is 9.53 Å². The van der Waals surface area contributed by atoms with Gasteiger partial charge in [0.1, 0.15) is 11.9 Å². The fourth-order valence-electron chi connectivity index (χ4n) is 2.48. The first kappa shape index (κ1) is 17.7. The molecule has 0 saturated heterocycles. The van der Waals surface area contributed by atoms with Crippen LogP contribution in [0.1, 0.15) is 45.4 Å². The molecule has 1 aromatic heterocycles. The zero-order chi connectivity index (χ0) is 14.4. The molecule has 1 fully saturated rings. The summed E-state index contributed by atoms with van der Waals surface area (Å²) >= 11 is 0. The Morgan fingerprint density at radius 2 is 2.14 bits per heavy atom. The minimum atomic E-state index is -0.393. The first-order chi connectivity index (χ1) is 9.69. The van der Waals surface area contributed by atoms with E-state index in [1.54, 1.807) is 18.3 Å². The number of hydrogen-bond acceptors (Lipinski definition) is 4. The number of nitrogens with one attached hydrogen (secondary N) is 1. The third-order valence-electron chi connectivity index (χ3n) is 3.63. The summed E-state index contributed by atoms with van der Waals surface area (Å²) in [6.07, 6.45) is 7.86. The maximum absolute atomic E-state index is 12.2. The number of anilines is 2. The smallest absolute Gasteiger partial charge is 0.253 e. The van der Waals surface area contributed by atoms with Crippen LogP contribution in [0.15, 0.2) is 18.3 Å². The van der Waals surface area contributed by atoms with Crippen molar-refractivity contribution in [3.8, 4) is 0 Å². The van der Waals surface area contributed by atoms with Crippen molar-refractivity contribution >= 4 is 29.8 Å². The van der Waals surface area contributed by atoms with Gasteiger partial charge in [0.15, 0.2) is 0 Å². The van der Waals surface area contributed by atoms with Crippen LogP contribution >= 0.6 is 12.4 Å². The van der Waals surface area contributed by atoms with Gasteiger partial charge in [-0.2, -0.15) is 0 Å². The molecule has 1 aliphatic carbocycles. The third kappa shape index (κ3) is 5.52. The highest BCUT2D eigenvalue weighted by Gasteiger charge is 2.23. The Labute approximate surface area is 132 Å². The number of pyridine rings is 1. The Hall–Kier alpha value is -1.33. The first-order valence-corrected chi connectivity index (χ1v) is 7.37. The Kier molecular flexibility index (Phi) is 7.47. The van der Waals surface area contributed by atoms with Crippen LogP contribution in [0.5, 0.6) is 0 Å². The highest BCUT2D eigenvalue weighted by Crippen LogP contribution is 2.22. The van der Waals surface area contributed by atoms with Crippen LogP contribution in [-0.2, 0) is 9.53 Å². The van der Waals surface area contributed by atoms with Crippen molar-refractivity contribution in [1.82, 2.24) is 4.98 Å². The van der Waals surface area contributed by atoms with Crippen LogP contribution < -0.4 is 11.1 Å². The van der Waals surface area contributed by atoms with Crippen LogP contribution in [0.3, 0.4) is 0 Å². The lowest BCUT2D eigenvalue weighted by Gasteiger charge is -2.26. The lowest BCUT2D eigenvalue weighted by molar-refractivity contribution is -0.132. The molecule has 21 heavy (non-hydrogen) atoms. The van der Waals surface area contributed by atoms with Gasteiger partial charge in [-0.1, -0.05) is 26.2 Å². The molecule has 0 radical (unpaired) electrons. The van der Waals surface area contributed by atoms with E-state index < -0.39 is 6.10 Å². The Bertz CT molecular complexity index is 433. The second-order valence-corrected chi connectivity index (χ2v) is 5.25. The number of carbonyl (C=O) groups excluding carboxylic acids is 1. The summed E-state index contributed by atoms with van der Waals surface area (Å²) in [5.41, 5.74) is 6.17. The van der Waals surface area contributed by atoms with Gasteiger partial charge in [0, 0.05) is 0 Å². The monoisotopic (exact) mass is 313 g/mol. The predicted molar refractivity (Wildman–Crippen MR) is 86.6 cm³/mol. The minimum absolute atomic E-state index is 0. The molecule has 1 aliphatic rings. The van der Waals surface area contributed by atoms with Crippen molar-refractivity contribution in [2.75, 3.05) is 11.1 Å². The summed E-state index contributed by atoms with van der Waals surface area (Å²) in [5.74, 6) is 0.332. The number of aromatic nitrogens is 1. The maximum Gasteiger partial charge on any atom is 0.253 e. The number of nitrogen functional groups attached to an aromatic ring is 1. The quantitative estimate of drug-likeness (QED) is 0.875. The van der Waals surface area contributed by atoms with Crippen molar-refractivity contribution in [3.63, 3.8) is 0 Å². The fourth-order valence-corrected chi connectivity index (χ4v) is 2.48. The average molecular weight is 314 g/mol. The van der Waals surface area contributed by atoms with Gasteiger partial charge >= 0.3 is 0 Å². The van der Waals surface area contributed by atoms with E-state index >= 15 is 0 Å². The molecular weight excluding hydrogens is 290 g/mol. The molecule has 1 heterocycles. The van der Waals surface area contributed by atoms with Crippen LogP contribution in [0.25, 0.3) is 0 Å². The number of halogens is 1. The number of hydrogen-bond donors (Lipinski definition) is 2. The maximum atomic E-state index is 12.2. The van der Waals surface area contributed by atoms with Gasteiger partial charge in [0.2, 0.25) is 0 Å². The third-order valence-corrected chi connectivity index (χ3v) is 3.63. The highest BCUT2D eigenvalue weighted by atomic mass is 35.5. The van der Waals surface area contributed by atoms with Gasteiger partial charge < -0.3 is 15.8 Å². The zero-order valence-electron chi connectivity index (χ0n) is 12.4. The summed E-state index contributed by atoms with van der Waals surface area (Å²) < 4.78 is 5.94. The summed E-state index contributed by atoms with van der Waals surface area (Å²) in [6, 6.07) is 3.41. The molecule has 3 N–H and O–H groups in total. The van der Waals surface area contributed by atoms with E-state index in [9.17, 15) is 4.79 Å². The molecule has 118 valence electrons. The average Bonchev–Trinajstić information content (AvgIpc) is 2.48. The van der Waals surface area contributed by atoms with Gasteiger partial charge in [-0.15, -0.1) is 12.4 Å². The van der Waals surface area contributed by atoms with Gasteiger partial charge in [-0.3, -0.25) is 4.79 Å². The summed E-state index contributed by atoms with van der Waals surface area (Å²) in [5, 5.41) is 2.83. The second kappa shape index (κ2) is 8.85. The topological polar surface area (TPSA) is 77.2 Å². The van der Waals surface area contributed by atoms with E-state index in [1.807, 2.05) is 6.92 Å². The summed E-state index contributed by atoms with van der Waals surface area (Å²) in [6.45, 7) is 1.97. The number of amides is 1. The van der Waals surface area contributed by atoms with Crippen molar-refractivity contribution in [3.05, 3.63) is 18.3 Å². The fraction of sp³-hybridized carbons (Fsp3) is 0.600. The predicted octanol–water partition coefficient (Wildman–Crippen LogP) is 3.15. The molecule has 5 nitrogen and oxygen atoms in total. The molecule has 1 saturated carbocycles. The molecular formula is C15H24ClN3O2. The van der Waals surface area contributed by atoms with Crippen LogP contribution in [0.2, 0.25) is 0 Å². The molecule has 0 spiro atoms. The number of ether oxygens (including phenoxy) is 1. The van der Waals surface area contributed by atoms with E-state index in [1.165, 1.54) is 19.3 Å². The molecule has 1 amide bonds. The highest BCUT2D eigenvalue weighted by molar-refractivity contribution is 5.94. The van der Waals surface area contributed by atoms with E-state index in [0.29, 0.717) is 17.9 Å². The summed E-state index contributed by atoms with van der Waals surface area (Å²) in [7, 11) is 0. The van der Waals surface area contributed by atoms with Crippen molar-refractivity contribution in [2.45, 2.75) is 57.7 Å². The van der Waals surface area contributed by atoms with Gasteiger partial charge in [-0.25, -0.2) is 4.98 Å². The molecule has 0 aliphatic heterocycles. The lowest BCUT2D eigenvalue weighted by Crippen LogP contribution is -2.34. The Morgan fingerprint density at radius 3 is 2.71 bits per heavy atom. The first-order valence-electron chi connectivity index (χ1n) is 7.37. The number of nitrogens with two attached hydrogens (primary N) is 1. The molecule has 0 aromatic carbocycles. The van der Waals surface area contributed by atoms with E-state index in [-0.39, 0.29) is 24.4 Å². The molecule has 1 atom stereocenters. The molecule has 1 aromatic rings. The van der Waals surface area contributed by atoms with Crippen molar-refractivity contribution in [2.24, 2.45) is 0 Å². The van der Waals surface area contributed by atoms with E-state index in [0.717, 1.165) is 12.8 Å². The zero-order valence-corrected chi connectivity index (χ0v) is 13.2. The second-order valence-electron chi connectivity index (χ2n) is 5.25. The lowest BCUT2D eigenvalue weighted by atomic mass is 9.97. The number of nitrogens with zero attached hydrogens (tertiary/aromatic N) is 1.